The maximum Gasteiger partial charge on any atom is 0.261 e. The molecule has 1 N–H and O–H groups in total. The molecule has 3 rings (SSSR count). The van der Waals surface area contributed by atoms with Gasteiger partial charge >= 0.3 is 0 Å². The van der Waals surface area contributed by atoms with E-state index >= 15 is 0 Å². The predicted molar refractivity (Wildman–Crippen MR) is 107 cm³/mol. The van der Waals surface area contributed by atoms with Crippen molar-refractivity contribution in [2.45, 2.75) is 39.8 Å². The molecule has 146 valence electrons. The first-order valence-electron chi connectivity index (χ1n) is 9.07. The van der Waals surface area contributed by atoms with Gasteiger partial charge in [0.25, 0.3) is 5.91 Å². The highest BCUT2D eigenvalue weighted by Gasteiger charge is 2.20. The lowest BCUT2D eigenvalue weighted by Gasteiger charge is -2.18. The molecule has 3 aromatic rings. The molecule has 6 nitrogen and oxygen atoms in total. The standard InChI is InChI=1S/C21H22ClN3O3/c1-4-17(27-18-10-9-13(2)11-14(18)3)21(26)23-12-19-24-20(25-28-19)15-7-5-6-8-16(15)22/h5-11,17H,4,12H2,1-3H3,(H,23,26)/t17-/m1/s1. The number of hydrogen-bond donors (Lipinski definition) is 1. The second-order valence-corrected chi connectivity index (χ2v) is 6.90. The second kappa shape index (κ2) is 8.89. The van der Waals surface area contributed by atoms with Crippen LogP contribution in [-0.4, -0.2) is 22.2 Å². The van der Waals surface area contributed by atoms with E-state index in [4.69, 9.17) is 20.9 Å². The van der Waals surface area contributed by atoms with Crippen LogP contribution in [0.4, 0.5) is 0 Å². The summed E-state index contributed by atoms with van der Waals surface area (Å²) < 4.78 is 11.1. The van der Waals surface area contributed by atoms with Gasteiger partial charge in [-0.2, -0.15) is 4.98 Å². The van der Waals surface area contributed by atoms with E-state index in [1.54, 1.807) is 12.1 Å². The molecule has 1 aromatic heterocycles. The van der Waals surface area contributed by atoms with Crippen molar-refractivity contribution in [3.8, 4) is 17.1 Å². The highest BCUT2D eigenvalue weighted by Crippen LogP contribution is 2.25. The van der Waals surface area contributed by atoms with Gasteiger partial charge in [0.15, 0.2) is 6.10 Å². The van der Waals surface area contributed by atoms with Gasteiger partial charge in [-0.1, -0.05) is 53.5 Å². The lowest BCUT2D eigenvalue weighted by molar-refractivity contribution is -0.128. The van der Waals surface area contributed by atoms with Gasteiger partial charge in [-0.15, -0.1) is 0 Å². The summed E-state index contributed by atoms with van der Waals surface area (Å²) in [5.74, 6) is 1.14. The van der Waals surface area contributed by atoms with E-state index in [9.17, 15) is 4.79 Å². The van der Waals surface area contributed by atoms with E-state index in [1.807, 2.05) is 51.1 Å². The molecule has 0 aliphatic carbocycles. The third-order valence-corrected chi connectivity index (χ3v) is 4.59. The van der Waals surface area contributed by atoms with Gasteiger partial charge in [-0.25, -0.2) is 0 Å². The molecule has 1 atom stereocenters. The Hall–Kier alpha value is -2.86. The maximum absolute atomic E-state index is 12.5. The van der Waals surface area contributed by atoms with Crippen LogP contribution >= 0.6 is 11.6 Å². The van der Waals surface area contributed by atoms with Gasteiger partial charge in [0.1, 0.15) is 5.75 Å². The van der Waals surface area contributed by atoms with Crippen molar-refractivity contribution in [2.75, 3.05) is 0 Å². The first-order valence-corrected chi connectivity index (χ1v) is 9.44. The molecule has 0 aliphatic heterocycles. The number of carbonyl (C=O) groups excluding carboxylic acids is 1. The average molecular weight is 400 g/mol. The Balaban J connectivity index is 1.62. The number of carbonyl (C=O) groups is 1. The Labute approximate surface area is 168 Å². The lowest BCUT2D eigenvalue weighted by Crippen LogP contribution is -2.37. The van der Waals surface area contributed by atoms with Crippen molar-refractivity contribution in [1.29, 1.82) is 0 Å². The van der Waals surface area contributed by atoms with E-state index in [0.717, 1.165) is 11.1 Å². The Bertz CT molecular complexity index is 971. The van der Waals surface area contributed by atoms with Crippen LogP contribution in [-0.2, 0) is 11.3 Å². The van der Waals surface area contributed by atoms with Crippen molar-refractivity contribution in [1.82, 2.24) is 15.5 Å². The van der Waals surface area contributed by atoms with Gasteiger partial charge in [0, 0.05) is 5.56 Å². The number of hydrogen-bond acceptors (Lipinski definition) is 5. The van der Waals surface area contributed by atoms with E-state index in [-0.39, 0.29) is 12.5 Å². The van der Waals surface area contributed by atoms with Crippen molar-refractivity contribution in [3.05, 3.63) is 64.5 Å². The second-order valence-electron chi connectivity index (χ2n) is 6.49. The third kappa shape index (κ3) is 4.70. The number of ether oxygens (including phenoxy) is 1. The molecule has 0 saturated heterocycles. The number of amides is 1. The maximum atomic E-state index is 12.5. The zero-order chi connectivity index (χ0) is 20.1. The molecule has 0 bridgehead atoms. The minimum atomic E-state index is -0.604. The van der Waals surface area contributed by atoms with Crippen LogP contribution < -0.4 is 10.1 Å². The lowest BCUT2D eigenvalue weighted by atomic mass is 10.1. The van der Waals surface area contributed by atoms with Crippen LogP contribution in [0.1, 0.15) is 30.4 Å². The number of nitrogens with zero attached hydrogens (tertiary/aromatic N) is 2. The molecule has 0 fully saturated rings. The monoisotopic (exact) mass is 399 g/mol. The van der Waals surface area contributed by atoms with Crippen molar-refractivity contribution < 1.29 is 14.1 Å². The average Bonchev–Trinajstić information content (AvgIpc) is 3.14. The summed E-state index contributed by atoms with van der Waals surface area (Å²) in [5, 5.41) is 7.25. The first-order chi connectivity index (χ1) is 13.5. The Morgan fingerprint density at radius 2 is 2.04 bits per heavy atom. The Kier molecular flexibility index (Phi) is 6.31. The summed E-state index contributed by atoms with van der Waals surface area (Å²) >= 11 is 6.15. The fraction of sp³-hybridized carbons (Fsp3) is 0.286. The van der Waals surface area contributed by atoms with Gasteiger partial charge in [-0.05, 0) is 44.0 Å². The zero-order valence-corrected chi connectivity index (χ0v) is 16.8. The molecule has 1 heterocycles. The molecular weight excluding hydrogens is 378 g/mol. The smallest absolute Gasteiger partial charge is 0.261 e. The Morgan fingerprint density at radius 1 is 1.25 bits per heavy atom. The minimum Gasteiger partial charge on any atom is -0.480 e. The first kappa shape index (κ1) is 19.9. The summed E-state index contributed by atoms with van der Waals surface area (Å²) in [6.45, 7) is 5.99. The normalized spacial score (nSPS) is 11.9. The van der Waals surface area contributed by atoms with Crippen molar-refractivity contribution in [3.63, 3.8) is 0 Å². The van der Waals surface area contributed by atoms with E-state index in [2.05, 4.69) is 15.5 Å². The highest BCUT2D eigenvalue weighted by atomic mass is 35.5. The number of halogens is 1. The summed E-state index contributed by atoms with van der Waals surface area (Å²) in [6, 6.07) is 13.1. The van der Waals surface area contributed by atoms with Gasteiger partial charge < -0.3 is 14.6 Å². The number of aryl methyl sites for hydroxylation is 2. The molecular formula is C21H22ClN3O3. The number of nitrogens with one attached hydrogen (secondary N) is 1. The molecule has 0 radical (unpaired) electrons. The molecule has 7 heteroatoms. The van der Waals surface area contributed by atoms with E-state index in [0.29, 0.717) is 34.5 Å². The van der Waals surface area contributed by atoms with Gasteiger partial charge in [0.05, 0.1) is 11.6 Å². The summed E-state index contributed by atoms with van der Waals surface area (Å²) in [4.78, 5) is 16.8. The fourth-order valence-corrected chi connectivity index (χ4v) is 2.98. The number of rotatable bonds is 7. The van der Waals surface area contributed by atoms with E-state index in [1.165, 1.54) is 0 Å². The van der Waals surface area contributed by atoms with Crippen molar-refractivity contribution >= 4 is 17.5 Å². The van der Waals surface area contributed by atoms with Gasteiger partial charge in [0.2, 0.25) is 11.7 Å². The van der Waals surface area contributed by atoms with E-state index < -0.39 is 6.10 Å². The van der Waals surface area contributed by atoms with Crippen LogP contribution in [0.15, 0.2) is 47.0 Å². The Morgan fingerprint density at radius 3 is 2.75 bits per heavy atom. The van der Waals surface area contributed by atoms with Crippen LogP contribution in [0.3, 0.4) is 0 Å². The predicted octanol–water partition coefficient (Wildman–Crippen LogP) is 4.48. The SMILES string of the molecule is CC[C@@H](Oc1ccc(C)cc1C)C(=O)NCc1nc(-c2ccccc2Cl)no1. The highest BCUT2D eigenvalue weighted by molar-refractivity contribution is 6.33. The molecule has 0 aliphatic rings. The van der Waals surface area contributed by atoms with Crippen LogP contribution in [0.2, 0.25) is 5.02 Å². The van der Waals surface area contributed by atoms with Crippen LogP contribution in [0.25, 0.3) is 11.4 Å². The molecule has 0 spiro atoms. The molecule has 28 heavy (non-hydrogen) atoms. The van der Waals surface area contributed by atoms with Crippen LogP contribution in [0, 0.1) is 13.8 Å². The number of benzene rings is 2. The summed E-state index contributed by atoms with van der Waals surface area (Å²) in [5.41, 5.74) is 2.82. The quantitative estimate of drug-likeness (QED) is 0.633. The summed E-state index contributed by atoms with van der Waals surface area (Å²) in [6.07, 6.45) is -0.0687. The zero-order valence-electron chi connectivity index (χ0n) is 16.0. The molecule has 0 saturated carbocycles. The molecule has 2 aromatic carbocycles. The number of aromatic nitrogens is 2. The molecule has 0 unspecified atom stereocenters. The topological polar surface area (TPSA) is 77.2 Å². The van der Waals surface area contributed by atoms with Gasteiger partial charge in [-0.3, -0.25) is 4.79 Å². The minimum absolute atomic E-state index is 0.114. The van der Waals surface area contributed by atoms with Crippen molar-refractivity contribution in [2.24, 2.45) is 0 Å². The summed E-state index contributed by atoms with van der Waals surface area (Å²) in [7, 11) is 0. The fourth-order valence-electron chi connectivity index (χ4n) is 2.76. The largest absolute Gasteiger partial charge is 0.480 e. The van der Waals surface area contributed by atoms with Crippen LogP contribution in [0.5, 0.6) is 5.75 Å². The third-order valence-electron chi connectivity index (χ3n) is 4.26. The molecule has 1 amide bonds.